The Morgan fingerprint density at radius 1 is 1.14 bits per heavy atom. The van der Waals surface area contributed by atoms with Gasteiger partial charge in [0.2, 0.25) is 0 Å². The smallest absolute Gasteiger partial charge is 0.127 e. The molecule has 0 atom stereocenters. The predicted octanol–water partition coefficient (Wildman–Crippen LogP) is 2.97. The molecule has 0 saturated heterocycles. The fraction of sp³-hybridized carbons (Fsp3) is 0.455. The number of hydrogen-bond donors (Lipinski definition) is 2. The standard InChI is InChI=1S/C9H13FN2.C2H6/c1-2-3-7-8(11)4-6(10)5-9(7)12;1-2/h4-5H,2-3,11-12H2,1H3;1-2H3. The molecule has 0 unspecified atom stereocenters. The van der Waals surface area contributed by atoms with Gasteiger partial charge in [0.15, 0.2) is 0 Å². The minimum Gasteiger partial charge on any atom is -0.398 e. The lowest BCUT2D eigenvalue weighted by atomic mass is 10.1. The lowest BCUT2D eigenvalue weighted by Gasteiger charge is -2.07. The van der Waals surface area contributed by atoms with E-state index in [1.807, 2.05) is 20.8 Å². The van der Waals surface area contributed by atoms with Crippen molar-refractivity contribution in [3.05, 3.63) is 23.5 Å². The van der Waals surface area contributed by atoms with E-state index >= 15 is 0 Å². The van der Waals surface area contributed by atoms with Gasteiger partial charge in [0.25, 0.3) is 0 Å². The zero-order chi connectivity index (χ0) is 11.1. The molecule has 0 heterocycles. The summed E-state index contributed by atoms with van der Waals surface area (Å²) in [5.74, 6) is -0.371. The van der Waals surface area contributed by atoms with E-state index in [1.54, 1.807) is 0 Å². The predicted molar refractivity (Wildman–Crippen MR) is 60.6 cm³/mol. The van der Waals surface area contributed by atoms with Crippen molar-refractivity contribution in [3.8, 4) is 0 Å². The third-order valence-corrected chi connectivity index (χ3v) is 1.78. The molecular formula is C11H19FN2. The second-order valence-electron chi connectivity index (χ2n) is 2.81. The fourth-order valence-corrected chi connectivity index (χ4v) is 1.22. The topological polar surface area (TPSA) is 52.0 Å². The van der Waals surface area contributed by atoms with Crippen molar-refractivity contribution >= 4 is 11.4 Å². The van der Waals surface area contributed by atoms with Gasteiger partial charge >= 0.3 is 0 Å². The first kappa shape index (κ1) is 12.8. The van der Waals surface area contributed by atoms with Crippen LogP contribution in [0.15, 0.2) is 12.1 Å². The Hall–Kier alpha value is -1.25. The molecule has 1 aromatic carbocycles. The van der Waals surface area contributed by atoms with E-state index in [4.69, 9.17) is 11.5 Å². The second-order valence-corrected chi connectivity index (χ2v) is 2.81. The third-order valence-electron chi connectivity index (χ3n) is 1.78. The Morgan fingerprint density at radius 3 is 1.93 bits per heavy atom. The van der Waals surface area contributed by atoms with Crippen LogP contribution in [-0.4, -0.2) is 0 Å². The largest absolute Gasteiger partial charge is 0.398 e. The molecule has 0 radical (unpaired) electrons. The van der Waals surface area contributed by atoms with Gasteiger partial charge in [0.05, 0.1) is 0 Å². The zero-order valence-corrected chi connectivity index (χ0v) is 9.10. The highest BCUT2D eigenvalue weighted by molar-refractivity contribution is 5.61. The number of benzene rings is 1. The van der Waals surface area contributed by atoms with Crippen LogP contribution in [0.4, 0.5) is 15.8 Å². The van der Waals surface area contributed by atoms with Crippen molar-refractivity contribution in [3.63, 3.8) is 0 Å². The Bertz CT molecular complexity index is 262. The van der Waals surface area contributed by atoms with E-state index in [0.717, 1.165) is 18.4 Å². The summed E-state index contributed by atoms with van der Waals surface area (Å²) in [5, 5.41) is 0. The average molecular weight is 198 g/mol. The summed E-state index contributed by atoms with van der Waals surface area (Å²) in [6.45, 7) is 6.03. The molecule has 80 valence electrons. The zero-order valence-electron chi connectivity index (χ0n) is 9.10. The molecule has 0 fully saturated rings. The SMILES string of the molecule is CC.CCCc1c(N)cc(F)cc1N. The maximum atomic E-state index is 12.7. The first-order chi connectivity index (χ1) is 6.65. The Labute approximate surface area is 85.1 Å². The van der Waals surface area contributed by atoms with Crippen LogP contribution in [0, 0.1) is 5.82 Å². The molecular weight excluding hydrogens is 179 g/mol. The summed E-state index contributed by atoms with van der Waals surface area (Å²) in [6, 6.07) is 2.61. The minimum absolute atomic E-state index is 0.371. The van der Waals surface area contributed by atoms with Gasteiger partial charge in [-0.15, -0.1) is 0 Å². The first-order valence-electron chi connectivity index (χ1n) is 4.98. The first-order valence-corrected chi connectivity index (χ1v) is 4.98. The van der Waals surface area contributed by atoms with Gasteiger partial charge in [0.1, 0.15) is 5.82 Å². The van der Waals surface area contributed by atoms with Crippen LogP contribution < -0.4 is 11.5 Å². The summed E-state index contributed by atoms with van der Waals surface area (Å²) in [4.78, 5) is 0. The molecule has 0 aliphatic rings. The molecule has 14 heavy (non-hydrogen) atoms. The number of anilines is 2. The Morgan fingerprint density at radius 2 is 1.57 bits per heavy atom. The average Bonchev–Trinajstić information content (AvgIpc) is 2.14. The van der Waals surface area contributed by atoms with E-state index in [0.29, 0.717) is 11.4 Å². The monoisotopic (exact) mass is 198 g/mol. The normalized spacial score (nSPS) is 9.14. The highest BCUT2D eigenvalue weighted by atomic mass is 19.1. The van der Waals surface area contributed by atoms with Gasteiger partial charge in [-0.3, -0.25) is 0 Å². The van der Waals surface area contributed by atoms with Crippen molar-refractivity contribution in [2.75, 3.05) is 11.5 Å². The number of nitrogen functional groups attached to an aromatic ring is 2. The molecule has 0 bridgehead atoms. The molecule has 4 N–H and O–H groups in total. The number of halogens is 1. The lowest BCUT2D eigenvalue weighted by molar-refractivity contribution is 0.628. The maximum Gasteiger partial charge on any atom is 0.127 e. The summed E-state index contributed by atoms with van der Waals surface area (Å²) >= 11 is 0. The molecule has 0 aliphatic carbocycles. The maximum absolute atomic E-state index is 12.7. The van der Waals surface area contributed by atoms with Crippen molar-refractivity contribution in [2.24, 2.45) is 0 Å². The molecule has 1 rings (SSSR count). The van der Waals surface area contributed by atoms with Crippen LogP contribution in [0.3, 0.4) is 0 Å². The minimum atomic E-state index is -0.371. The van der Waals surface area contributed by atoms with Gasteiger partial charge in [-0.05, 0) is 24.1 Å². The molecule has 0 aliphatic heterocycles. The van der Waals surface area contributed by atoms with Crippen LogP contribution in [0.25, 0.3) is 0 Å². The lowest BCUT2D eigenvalue weighted by Crippen LogP contribution is -2.01. The molecule has 0 spiro atoms. The highest BCUT2D eigenvalue weighted by Crippen LogP contribution is 2.22. The third kappa shape index (κ3) is 3.24. The van der Waals surface area contributed by atoms with Crippen molar-refractivity contribution in [2.45, 2.75) is 33.6 Å². The van der Waals surface area contributed by atoms with Gasteiger partial charge in [-0.25, -0.2) is 4.39 Å². The molecule has 0 saturated carbocycles. The van der Waals surface area contributed by atoms with Crippen LogP contribution in [-0.2, 0) is 6.42 Å². The van der Waals surface area contributed by atoms with Crippen LogP contribution in [0.1, 0.15) is 32.8 Å². The van der Waals surface area contributed by atoms with Gasteiger partial charge < -0.3 is 11.5 Å². The molecule has 3 heteroatoms. The van der Waals surface area contributed by atoms with Gasteiger partial charge in [-0.1, -0.05) is 27.2 Å². The fourth-order valence-electron chi connectivity index (χ4n) is 1.22. The van der Waals surface area contributed by atoms with Crippen LogP contribution >= 0.6 is 0 Å². The number of rotatable bonds is 2. The molecule has 1 aromatic rings. The second kappa shape index (κ2) is 6.24. The van der Waals surface area contributed by atoms with Crippen molar-refractivity contribution < 1.29 is 4.39 Å². The van der Waals surface area contributed by atoms with E-state index in [-0.39, 0.29) is 5.82 Å². The summed E-state index contributed by atoms with van der Waals surface area (Å²) in [6.07, 6.45) is 1.76. The van der Waals surface area contributed by atoms with Crippen molar-refractivity contribution in [1.82, 2.24) is 0 Å². The van der Waals surface area contributed by atoms with Crippen molar-refractivity contribution in [1.29, 1.82) is 0 Å². The van der Waals surface area contributed by atoms with E-state index < -0.39 is 0 Å². The molecule has 0 aromatic heterocycles. The number of nitrogens with two attached hydrogens (primary N) is 2. The Kier molecular flexibility index (Phi) is 5.68. The molecule has 2 nitrogen and oxygen atoms in total. The van der Waals surface area contributed by atoms with Gasteiger partial charge in [-0.2, -0.15) is 0 Å². The van der Waals surface area contributed by atoms with E-state index in [2.05, 4.69) is 0 Å². The summed E-state index contributed by atoms with van der Waals surface area (Å²) in [5.41, 5.74) is 12.9. The van der Waals surface area contributed by atoms with E-state index in [1.165, 1.54) is 12.1 Å². The Balaban J connectivity index is 0.000000791. The summed E-state index contributed by atoms with van der Waals surface area (Å²) < 4.78 is 12.7. The van der Waals surface area contributed by atoms with Crippen LogP contribution in [0.5, 0.6) is 0 Å². The van der Waals surface area contributed by atoms with E-state index in [9.17, 15) is 4.39 Å². The van der Waals surface area contributed by atoms with Gasteiger partial charge in [0, 0.05) is 11.4 Å². The number of hydrogen-bond acceptors (Lipinski definition) is 2. The highest BCUT2D eigenvalue weighted by Gasteiger charge is 2.04. The molecule has 0 amide bonds. The summed E-state index contributed by atoms with van der Waals surface area (Å²) in [7, 11) is 0. The quantitative estimate of drug-likeness (QED) is 0.718. The van der Waals surface area contributed by atoms with Crippen LogP contribution in [0.2, 0.25) is 0 Å².